The summed E-state index contributed by atoms with van der Waals surface area (Å²) < 4.78 is 1.40. The Kier molecular flexibility index (Phi) is 3.51. The molecule has 0 bridgehead atoms. The number of aryl methyl sites for hydroxylation is 1. The molecule has 0 aliphatic carbocycles. The summed E-state index contributed by atoms with van der Waals surface area (Å²) >= 11 is 11.9. The van der Waals surface area contributed by atoms with Crippen molar-refractivity contribution >= 4 is 35.1 Å². The Hall–Kier alpha value is -1.79. The highest BCUT2D eigenvalue weighted by Gasteiger charge is 2.37. The van der Waals surface area contributed by atoms with Gasteiger partial charge in [0.25, 0.3) is 0 Å². The minimum atomic E-state index is -0.975. The van der Waals surface area contributed by atoms with Crippen LogP contribution in [0.3, 0.4) is 0 Å². The normalized spacial score (nSPS) is 21.0. The fraction of sp³-hybridized carbons (Fsp3) is 0.308. The maximum absolute atomic E-state index is 11.7. The number of carboxylic acid groups (broad SMARTS) is 1. The average Bonchev–Trinajstić information content (AvgIpc) is 2.80. The number of fused-ring (bicyclic) bond motifs is 1. The molecule has 3 rings (SSSR count). The molecule has 0 fully saturated rings. The fourth-order valence-corrected chi connectivity index (χ4v) is 3.06. The van der Waals surface area contributed by atoms with Crippen LogP contribution in [0.25, 0.3) is 0 Å². The number of hydrogen-bond donors (Lipinski definition) is 2. The van der Waals surface area contributed by atoms with Crippen molar-refractivity contribution in [2.45, 2.75) is 24.8 Å². The zero-order valence-corrected chi connectivity index (χ0v) is 12.3. The highest BCUT2D eigenvalue weighted by Crippen LogP contribution is 2.39. The van der Waals surface area contributed by atoms with E-state index in [1.807, 2.05) is 0 Å². The summed E-state index contributed by atoms with van der Waals surface area (Å²) in [5, 5.41) is 14.4. The number of aromatic nitrogens is 3. The summed E-state index contributed by atoms with van der Waals surface area (Å²) in [5.41, 5.74) is 6.39. The van der Waals surface area contributed by atoms with Crippen LogP contribution in [-0.4, -0.2) is 25.8 Å². The number of nitrogens with zero attached hydrogens (tertiary/aromatic N) is 3. The topological polar surface area (TPSA) is 94.0 Å². The second-order valence-corrected chi connectivity index (χ2v) is 5.75. The standard InChI is InChI=1S/C13H12Cl2N4O2/c14-8-3-1-6(5-9(8)15)7-2-4-10-17-13(16)18-19(10)11(7)12(20)21/h1,3,5,7,11H,2,4H2,(H2,16,18)(H,20,21). The zero-order valence-electron chi connectivity index (χ0n) is 10.8. The molecular weight excluding hydrogens is 315 g/mol. The molecule has 21 heavy (non-hydrogen) atoms. The van der Waals surface area contributed by atoms with Gasteiger partial charge in [-0.25, -0.2) is 9.48 Å². The predicted molar refractivity (Wildman–Crippen MR) is 78.6 cm³/mol. The van der Waals surface area contributed by atoms with Crippen LogP contribution in [0.2, 0.25) is 10.0 Å². The summed E-state index contributed by atoms with van der Waals surface area (Å²) in [6, 6.07) is 4.31. The smallest absolute Gasteiger partial charge is 0.329 e. The molecule has 0 radical (unpaired) electrons. The van der Waals surface area contributed by atoms with Gasteiger partial charge in [-0.2, -0.15) is 4.98 Å². The van der Waals surface area contributed by atoms with Crippen molar-refractivity contribution in [3.63, 3.8) is 0 Å². The molecule has 0 saturated heterocycles. The van der Waals surface area contributed by atoms with Crippen LogP contribution in [0.5, 0.6) is 0 Å². The first kappa shape index (κ1) is 14.2. The molecule has 2 aromatic rings. The van der Waals surface area contributed by atoms with Crippen molar-refractivity contribution in [3.05, 3.63) is 39.6 Å². The number of carbonyl (C=O) groups is 1. The van der Waals surface area contributed by atoms with Gasteiger partial charge in [0.2, 0.25) is 5.95 Å². The van der Waals surface area contributed by atoms with E-state index < -0.39 is 12.0 Å². The molecule has 110 valence electrons. The predicted octanol–water partition coefficient (Wildman–Crippen LogP) is 2.52. The van der Waals surface area contributed by atoms with Crippen molar-refractivity contribution < 1.29 is 9.90 Å². The van der Waals surface area contributed by atoms with Crippen LogP contribution in [-0.2, 0) is 11.2 Å². The molecular formula is C13H12Cl2N4O2. The monoisotopic (exact) mass is 326 g/mol. The number of rotatable bonds is 2. The molecule has 1 aliphatic rings. The second-order valence-electron chi connectivity index (χ2n) is 4.93. The summed E-state index contributed by atoms with van der Waals surface area (Å²) in [7, 11) is 0. The van der Waals surface area contributed by atoms with E-state index in [1.165, 1.54) is 4.68 Å². The van der Waals surface area contributed by atoms with Gasteiger partial charge >= 0.3 is 5.97 Å². The molecule has 2 heterocycles. The van der Waals surface area contributed by atoms with Crippen LogP contribution < -0.4 is 5.73 Å². The van der Waals surface area contributed by atoms with Crippen molar-refractivity contribution in [2.75, 3.05) is 5.73 Å². The van der Waals surface area contributed by atoms with Crippen molar-refractivity contribution in [1.82, 2.24) is 14.8 Å². The Morgan fingerprint density at radius 1 is 1.38 bits per heavy atom. The summed E-state index contributed by atoms with van der Waals surface area (Å²) in [4.78, 5) is 15.7. The van der Waals surface area contributed by atoms with Gasteiger partial charge in [0, 0.05) is 12.3 Å². The number of halogens is 2. The van der Waals surface area contributed by atoms with Crippen LogP contribution in [0.15, 0.2) is 18.2 Å². The zero-order chi connectivity index (χ0) is 15.1. The van der Waals surface area contributed by atoms with Gasteiger partial charge in [0.05, 0.1) is 10.0 Å². The molecule has 2 atom stereocenters. The Balaban J connectivity index is 2.06. The molecule has 0 amide bonds. The van der Waals surface area contributed by atoms with Crippen LogP contribution >= 0.6 is 23.2 Å². The van der Waals surface area contributed by atoms with Gasteiger partial charge in [-0.15, -0.1) is 5.10 Å². The van der Waals surface area contributed by atoms with E-state index in [-0.39, 0.29) is 11.9 Å². The first-order valence-corrected chi connectivity index (χ1v) is 7.11. The SMILES string of the molecule is Nc1nc2n(n1)C(C(=O)O)C(c1ccc(Cl)c(Cl)c1)CC2. The summed E-state index contributed by atoms with van der Waals surface area (Å²) in [6.07, 6.45) is 1.24. The van der Waals surface area contributed by atoms with Crippen molar-refractivity contribution in [3.8, 4) is 0 Å². The summed E-state index contributed by atoms with van der Waals surface area (Å²) in [5.74, 6) is -0.551. The van der Waals surface area contributed by atoms with Gasteiger partial charge in [0.15, 0.2) is 6.04 Å². The number of carboxylic acids is 1. The lowest BCUT2D eigenvalue weighted by atomic mass is 9.85. The minimum Gasteiger partial charge on any atom is -0.480 e. The highest BCUT2D eigenvalue weighted by molar-refractivity contribution is 6.42. The quantitative estimate of drug-likeness (QED) is 0.884. The number of anilines is 1. The third kappa shape index (κ3) is 2.45. The largest absolute Gasteiger partial charge is 0.480 e. The Morgan fingerprint density at radius 3 is 2.81 bits per heavy atom. The van der Waals surface area contributed by atoms with Gasteiger partial charge in [0.1, 0.15) is 5.82 Å². The van der Waals surface area contributed by atoms with E-state index in [0.717, 1.165) is 5.56 Å². The van der Waals surface area contributed by atoms with Crippen LogP contribution in [0.1, 0.15) is 29.8 Å². The van der Waals surface area contributed by atoms with E-state index in [2.05, 4.69) is 10.1 Å². The maximum atomic E-state index is 11.7. The first-order valence-electron chi connectivity index (χ1n) is 6.36. The third-order valence-corrected chi connectivity index (χ3v) is 4.41. The Labute approximate surface area is 130 Å². The number of nitrogens with two attached hydrogens (primary N) is 1. The molecule has 0 spiro atoms. The van der Waals surface area contributed by atoms with Gasteiger partial charge in [-0.1, -0.05) is 29.3 Å². The van der Waals surface area contributed by atoms with Crippen LogP contribution in [0, 0.1) is 0 Å². The van der Waals surface area contributed by atoms with E-state index in [4.69, 9.17) is 28.9 Å². The van der Waals surface area contributed by atoms with E-state index in [0.29, 0.717) is 28.7 Å². The first-order chi connectivity index (χ1) is 9.97. The maximum Gasteiger partial charge on any atom is 0.329 e. The third-order valence-electron chi connectivity index (χ3n) is 3.67. The molecule has 1 aliphatic heterocycles. The van der Waals surface area contributed by atoms with Gasteiger partial charge in [-0.05, 0) is 24.1 Å². The van der Waals surface area contributed by atoms with E-state index >= 15 is 0 Å². The second kappa shape index (κ2) is 5.20. The van der Waals surface area contributed by atoms with Crippen molar-refractivity contribution in [1.29, 1.82) is 0 Å². The average molecular weight is 327 g/mol. The van der Waals surface area contributed by atoms with E-state index in [1.54, 1.807) is 18.2 Å². The highest BCUT2D eigenvalue weighted by atomic mass is 35.5. The molecule has 8 heteroatoms. The lowest BCUT2D eigenvalue weighted by Crippen LogP contribution is -2.32. The molecule has 0 saturated carbocycles. The summed E-state index contributed by atoms with van der Waals surface area (Å²) in [6.45, 7) is 0. The van der Waals surface area contributed by atoms with Crippen LogP contribution in [0.4, 0.5) is 5.95 Å². The number of nitrogen functional groups attached to an aromatic ring is 1. The molecule has 1 aromatic heterocycles. The lowest BCUT2D eigenvalue weighted by Gasteiger charge is -2.29. The molecule has 2 unspecified atom stereocenters. The number of benzene rings is 1. The molecule has 6 nitrogen and oxygen atoms in total. The Bertz CT molecular complexity index is 716. The Morgan fingerprint density at radius 2 is 2.14 bits per heavy atom. The number of hydrogen-bond acceptors (Lipinski definition) is 4. The van der Waals surface area contributed by atoms with Gasteiger partial charge < -0.3 is 10.8 Å². The molecule has 3 N–H and O–H groups in total. The van der Waals surface area contributed by atoms with Gasteiger partial charge in [-0.3, -0.25) is 0 Å². The minimum absolute atomic E-state index is 0.0889. The molecule has 1 aromatic carbocycles. The van der Waals surface area contributed by atoms with Crippen molar-refractivity contribution in [2.24, 2.45) is 0 Å². The lowest BCUT2D eigenvalue weighted by molar-refractivity contribution is -0.142. The number of aliphatic carboxylic acids is 1. The van der Waals surface area contributed by atoms with E-state index in [9.17, 15) is 9.90 Å². The fourth-order valence-electron chi connectivity index (χ4n) is 2.75.